The number of imidazole rings is 1. The molecule has 3 aromatic rings. The zero-order chi connectivity index (χ0) is 34.7. The normalized spacial score (nSPS) is 18.9. The maximum atomic E-state index is 13.5. The molecule has 48 heavy (non-hydrogen) atoms. The third kappa shape index (κ3) is 11.2. The molecule has 19 nitrogen and oxygen atoms in total. The predicted octanol–water partition coefficient (Wildman–Crippen LogP) is 5.55. The van der Waals surface area contributed by atoms with Gasteiger partial charge in [-0.15, -0.1) is 0 Å². The molecule has 4 heterocycles. The topological polar surface area (TPSA) is 220 Å². The van der Waals surface area contributed by atoms with Crippen molar-refractivity contribution in [2.24, 2.45) is 0 Å². The summed E-state index contributed by atoms with van der Waals surface area (Å²) in [4.78, 5) is 40.2. The molecule has 0 aliphatic carbocycles. The Morgan fingerprint density at radius 1 is 1.02 bits per heavy atom. The minimum Gasteiger partial charge on any atom is -0.432 e. The number of carbonyl (C=O) groups is 2. The van der Waals surface area contributed by atoms with E-state index in [-0.39, 0.29) is 24.5 Å². The van der Waals surface area contributed by atoms with Gasteiger partial charge in [0.05, 0.1) is 43.9 Å². The molecular formula is C27H38N6O13P2. The van der Waals surface area contributed by atoms with Gasteiger partial charge in [0.1, 0.15) is 12.7 Å². The summed E-state index contributed by atoms with van der Waals surface area (Å²) in [5.41, 5.74) is 1.46. The fourth-order valence-electron chi connectivity index (χ4n) is 4.04. The Morgan fingerprint density at radius 3 is 2.29 bits per heavy atom. The first-order valence-electron chi connectivity index (χ1n) is 14.8. The number of aromatic nitrogens is 5. The summed E-state index contributed by atoms with van der Waals surface area (Å²) in [5, 5.41) is 2.77. The van der Waals surface area contributed by atoms with E-state index in [0.29, 0.717) is 12.1 Å². The van der Waals surface area contributed by atoms with Crippen LogP contribution in [0.3, 0.4) is 0 Å². The Bertz CT molecular complexity index is 1580. The molecule has 21 heteroatoms. The molecule has 3 aromatic heterocycles. The summed E-state index contributed by atoms with van der Waals surface area (Å²) in [6.07, 6.45) is 1.73. The summed E-state index contributed by atoms with van der Waals surface area (Å²) in [6, 6.07) is 3.56. The van der Waals surface area contributed by atoms with Crippen molar-refractivity contribution in [1.82, 2.24) is 24.5 Å². The Kier molecular flexibility index (Phi) is 13.2. The van der Waals surface area contributed by atoms with Gasteiger partial charge in [-0.25, -0.2) is 29.1 Å². The second-order valence-electron chi connectivity index (χ2n) is 10.7. The van der Waals surface area contributed by atoms with Gasteiger partial charge in [0.2, 0.25) is 13.6 Å². The number of nitrogens with zero attached hydrogens (tertiary/aromatic N) is 5. The van der Waals surface area contributed by atoms with E-state index in [0.717, 1.165) is 5.56 Å². The molecule has 0 amide bonds. The van der Waals surface area contributed by atoms with Crippen LogP contribution >= 0.6 is 15.3 Å². The Morgan fingerprint density at radius 2 is 1.67 bits per heavy atom. The van der Waals surface area contributed by atoms with E-state index >= 15 is 0 Å². The lowest BCUT2D eigenvalue weighted by atomic mass is 10.1. The highest BCUT2D eigenvalue weighted by Gasteiger charge is 2.36. The Labute approximate surface area is 276 Å². The van der Waals surface area contributed by atoms with Gasteiger partial charge in [-0.05, 0) is 52.3 Å². The van der Waals surface area contributed by atoms with Crippen LogP contribution in [0.5, 0.6) is 0 Å². The first kappa shape index (κ1) is 37.1. The number of hydrogen-bond donors (Lipinski definition) is 1. The Hall–Kier alpha value is -3.70. The van der Waals surface area contributed by atoms with Gasteiger partial charge in [0.25, 0.3) is 0 Å². The monoisotopic (exact) mass is 716 g/mol. The summed E-state index contributed by atoms with van der Waals surface area (Å²) in [6.45, 7) is 6.89. The van der Waals surface area contributed by atoms with E-state index in [1.807, 2.05) is 0 Å². The van der Waals surface area contributed by atoms with Gasteiger partial charge >= 0.3 is 27.7 Å². The molecule has 0 spiro atoms. The summed E-state index contributed by atoms with van der Waals surface area (Å²) < 4.78 is 75.2. The van der Waals surface area contributed by atoms with Crippen LogP contribution in [0.2, 0.25) is 0 Å². The molecule has 4 rings (SSSR count). The van der Waals surface area contributed by atoms with E-state index in [4.69, 9.17) is 41.8 Å². The van der Waals surface area contributed by atoms with Gasteiger partial charge < -0.3 is 28.3 Å². The van der Waals surface area contributed by atoms with Gasteiger partial charge in [-0.1, -0.05) is 0 Å². The first-order valence-corrected chi connectivity index (χ1v) is 18.1. The highest BCUT2D eigenvalue weighted by Crippen LogP contribution is 2.55. The van der Waals surface area contributed by atoms with Crippen LogP contribution in [0.15, 0.2) is 37.2 Å². The fourth-order valence-corrected chi connectivity index (χ4v) is 6.64. The van der Waals surface area contributed by atoms with Crippen LogP contribution in [0, 0.1) is 0 Å². The zero-order valence-corrected chi connectivity index (χ0v) is 28.7. The van der Waals surface area contributed by atoms with E-state index < -0.39 is 72.0 Å². The molecule has 0 radical (unpaired) electrons. The number of nitrogens with one attached hydrogen (secondary N) is 1. The third-order valence-corrected chi connectivity index (χ3v) is 9.12. The second kappa shape index (κ2) is 17.1. The molecule has 1 fully saturated rings. The van der Waals surface area contributed by atoms with Gasteiger partial charge in [0.15, 0.2) is 17.0 Å². The summed E-state index contributed by atoms with van der Waals surface area (Å²) >= 11 is 0. The number of ether oxygens (including phenoxy) is 5. The number of anilines is 1. The van der Waals surface area contributed by atoms with Crippen LogP contribution in [0.25, 0.3) is 11.2 Å². The summed E-state index contributed by atoms with van der Waals surface area (Å²) in [7, 11) is -7.99. The number of pyridine rings is 1. The van der Waals surface area contributed by atoms with Crippen LogP contribution in [-0.2, 0) is 57.5 Å². The lowest BCUT2D eigenvalue weighted by Crippen LogP contribution is -2.20. The third-order valence-electron chi connectivity index (χ3n) is 6.12. The van der Waals surface area contributed by atoms with Crippen molar-refractivity contribution in [3.05, 3.63) is 42.7 Å². The van der Waals surface area contributed by atoms with Crippen molar-refractivity contribution in [1.29, 1.82) is 0 Å². The van der Waals surface area contributed by atoms with Crippen molar-refractivity contribution < 1.29 is 60.5 Å². The summed E-state index contributed by atoms with van der Waals surface area (Å²) in [5.74, 6) is 0.129. The number of rotatable bonds is 16. The first-order chi connectivity index (χ1) is 22.8. The predicted molar refractivity (Wildman–Crippen MR) is 166 cm³/mol. The molecule has 264 valence electrons. The van der Waals surface area contributed by atoms with E-state index in [2.05, 4.69) is 25.0 Å². The molecule has 2 unspecified atom stereocenters. The van der Waals surface area contributed by atoms with Crippen LogP contribution in [0.4, 0.5) is 15.4 Å². The van der Waals surface area contributed by atoms with Gasteiger partial charge in [-0.3, -0.25) is 32.7 Å². The van der Waals surface area contributed by atoms with Crippen molar-refractivity contribution in [3.63, 3.8) is 0 Å². The maximum Gasteiger partial charge on any atom is 0.510 e. The fraction of sp³-hybridized carbons (Fsp3) is 0.556. The molecule has 1 aliphatic rings. The molecule has 1 saturated heterocycles. The van der Waals surface area contributed by atoms with Crippen molar-refractivity contribution in [3.8, 4) is 0 Å². The minimum atomic E-state index is -4.17. The lowest BCUT2D eigenvalue weighted by Gasteiger charge is -2.29. The maximum absolute atomic E-state index is 13.5. The largest absolute Gasteiger partial charge is 0.510 e. The molecule has 0 bridgehead atoms. The van der Waals surface area contributed by atoms with Crippen molar-refractivity contribution in [2.75, 3.05) is 31.6 Å². The molecule has 3 atom stereocenters. The number of fused-ring (bicyclic) bond motifs is 1. The SMILES string of the molecule is CC(C)OC(=O)OCOP(=O)(CO[C@H](C)Cn1cnc2c(NP3(=O)OCCC(c4ccncc4)O3)ncnc21)OCOC(=O)OC(C)C. The van der Waals surface area contributed by atoms with Crippen molar-refractivity contribution >= 4 is 44.6 Å². The number of hydrogen-bond acceptors (Lipinski definition) is 17. The molecule has 0 aromatic carbocycles. The number of carbonyl (C=O) groups excluding carboxylic acids is 2. The molecule has 0 saturated carbocycles. The average molecular weight is 717 g/mol. The Balaban J connectivity index is 1.38. The van der Waals surface area contributed by atoms with Crippen molar-refractivity contribution in [2.45, 2.75) is 72.0 Å². The lowest BCUT2D eigenvalue weighted by molar-refractivity contribution is -0.0369. The average Bonchev–Trinajstić information content (AvgIpc) is 3.43. The van der Waals surface area contributed by atoms with E-state index in [1.165, 1.54) is 12.7 Å². The van der Waals surface area contributed by atoms with E-state index in [1.54, 1.807) is 63.7 Å². The molecule has 1 aliphatic heterocycles. The van der Waals surface area contributed by atoms with Crippen LogP contribution in [0.1, 0.15) is 52.7 Å². The highest BCUT2D eigenvalue weighted by molar-refractivity contribution is 7.55. The molecular weight excluding hydrogens is 678 g/mol. The quantitative estimate of drug-likeness (QED) is 0.109. The zero-order valence-electron chi connectivity index (χ0n) is 27.0. The van der Waals surface area contributed by atoms with E-state index in [9.17, 15) is 18.7 Å². The smallest absolute Gasteiger partial charge is 0.432 e. The second-order valence-corrected chi connectivity index (χ2v) is 14.4. The van der Waals surface area contributed by atoms with Crippen LogP contribution < -0.4 is 5.09 Å². The highest BCUT2D eigenvalue weighted by atomic mass is 31.2. The van der Waals surface area contributed by atoms with Crippen LogP contribution in [-0.4, -0.2) is 81.7 Å². The van der Waals surface area contributed by atoms with Gasteiger partial charge in [0, 0.05) is 18.8 Å². The minimum absolute atomic E-state index is 0.129. The standard InChI is InChI=1S/C27H38N6O13P2/c1-18(2)44-26(34)38-15-42-47(36,43-16-39-27(35)45-19(3)4)17-40-20(5)12-33-14-31-23-24(29-13-30-25(23)33)32-48(37)41-11-8-22(46-48)21-6-9-28-10-7-21/h6-7,9-10,13-14,18-20,22H,8,11-12,15-17H2,1-5H3,(H,29,30,32,37)/t20-,22?,48?/m1/s1. The van der Waals surface area contributed by atoms with Gasteiger partial charge in [-0.2, -0.15) is 0 Å². The molecule has 1 N–H and O–H groups in total.